The fourth-order valence-corrected chi connectivity index (χ4v) is 2.69. The third kappa shape index (κ3) is 3.72. The van der Waals surface area contributed by atoms with Gasteiger partial charge in [0.25, 0.3) is 0 Å². The number of aromatic nitrogens is 3. The van der Waals surface area contributed by atoms with E-state index < -0.39 is 0 Å². The van der Waals surface area contributed by atoms with E-state index in [0.717, 1.165) is 5.56 Å². The minimum absolute atomic E-state index is 0.131. The van der Waals surface area contributed by atoms with Gasteiger partial charge in [-0.25, -0.2) is 0 Å². The lowest BCUT2D eigenvalue weighted by Crippen LogP contribution is -2.00. The molecule has 0 atom stereocenters. The Hall–Kier alpha value is -2.64. The van der Waals surface area contributed by atoms with Crippen LogP contribution in [0.15, 0.2) is 47.6 Å². The van der Waals surface area contributed by atoms with Crippen molar-refractivity contribution in [2.75, 3.05) is 7.11 Å². The monoisotopic (exact) mass is 374 g/mol. The lowest BCUT2D eigenvalue weighted by atomic mass is 10.1. The molecule has 8 heteroatoms. The fourth-order valence-electron chi connectivity index (χ4n) is 2.28. The van der Waals surface area contributed by atoms with Gasteiger partial charge in [-0.3, -0.25) is 5.10 Å². The molecule has 0 bridgehead atoms. The Morgan fingerprint density at radius 3 is 2.80 bits per heavy atom. The first kappa shape index (κ1) is 17.2. The van der Waals surface area contributed by atoms with Crippen LogP contribution in [0.5, 0.6) is 11.5 Å². The average Bonchev–Trinajstić information content (AvgIpc) is 2.97. The van der Waals surface area contributed by atoms with Gasteiger partial charge in [-0.05, 0) is 29.9 Å². The van der Waals surface area contributed by atoms with Crippen molar-refractivity contribution in [1.82, 2.24) is 14.9 Å². The van der Waals surface area contributed by atoms with Crippen LogP contribution in [-0.2, 0) is 6.42 Å². The lowest BCUT2D eigenvalue weighted by molar-refractivity contribution is 0.373. The number of methoxy groups -OCH3 is 1. The van der Waals surface area contributed by atoms with Crippen LogP contribution in [0.4, 0.5) is 0 Å². The van der Waals surface area contributed by atoms with Crippen molar-refractivity contribution in [2.45, 2.75) is 6.42 Å². The van der Waals surface area contributed by atoms with Crippen molar-refractivity contribution in [3.05, 3.63) is 69.2 Å². The second kappa shape index (κ2) is 7.50. The minimum Gasteiger partial charge on any atom is -0.503 e. The molecule has 2 N–H and O–H groups in total. The number of hydrogen-bond acceptors (Lipinski definition) is 5. The molecule has 0 radical (unpaired) electrons. The van der Waals surface area contributed by atoms with Crippen LogP contribution in [0.1, 0.15) is 17.0 Å². The molecule has 0 amide bonds. The summed E-state index contributed by atoms with van der Waals surface area (Å²) in [5.74, 6) is 0.835. The summed E-state index contributed by atoms with van der Waals surface area (Å²) in [6, 6.07) is 13.2. The number of halogens is 1. The second-order valence-electron chi connectivity index (χ2n) is 5.18. The first-order valence-electron chi connectivity index (χ1n) is 7.40. The van der Waals surface area contributed by atoms with E-state index in [1.54, 1.807) is 12.1 Å². The quantitative estimate of drug-likeness (QED) is 0.526. The number of H-pyrrole nitrogens is 1. The van der Waals surface area contributed by atoms with Crippen molar-refractivity contribution in [3.63, 3.8) is 0 Å². The van der Waals surface area contributed by atoms with Crippen LogP contribution < -0.4 is 4.74 Å². The Balaban J connectivity index is 1.91. The summed E-state index contributed by atoms with van der Waals surface area (Å²) in [4.78, 5) is 0. The molecule has 0 saturated carbocycles. The maximum atomic E-state index is 9.98. The zero-order chi connectivity index (χ0) is 17.8. The number of phenols is 1. The third-order valence-corrected chi connectivity index (χ3v) is 4.23. The second-order valence-corrected chi connectivity index (χ2v) is 5.95. The summed E-state index contributed by atoms with van der Waals surface area (Å²) in [7, 11) is 1.46. The lowest BCUT2D eigenvalue weighted by Gasteiger charge is -2.06. The molecule has 2 aromatic carbocycles. The normalized spacial score (nSPS) is 11.1. The number of nitrogens with one attached hydrogen (secondary N) is 1. The highest BCUT2D eigenvalue weighted by atomic mass is 35.5. The van der Waals surface area contributed by atoms with Crippen molar-refractivity contribution in [2.24, 2.45) is 5.10 Å². The number of ether oxygens (including phenoxy) is 1. The molecule has 1 heterocycles. The standard InChI is InChI=1S/C17H15ClN4O2S/c1-24-13-8-7-12(15(18)16(13)23)10-19-22-14(20-21-17(22)25)9-11-5-3-2-4-6-11/h2-8,10,23H,9H2,1H3,(H,21,25)/b19-10-. The highest BCUT2D eigenvalue weighted by molar-refractivity contribution is 7.71. The summed E-state index contributed by atoms with van der Waals surface area (Å²) in [5.41, 5.74) is 1.63. The SMILES string of the molecule is COc1ccc(/C=N\n2c(Cc3ccccc3)n[nH]c2=S)c(Cl)c1O. The highest BCUT2D eigenvalue weighted by Crippen LogP contribution is 2.35. The predicted molar refractivity (Wildman–Crippen MR) is 99.3 cm³/mol. The Labute approximate surface area is 154 Å². The predicted octanol–water partition coefficient (Wildman–Crippen LogP) is 3.78. The van der Waals surface area contributed by atoms with Crippen LogP contribution in [0.3, 0.4) is 0 Å². The topological polar surface area (TPSA) is 75.4 Å². The summed E-state index contributed by atoms with van der Waals surface area (Å²) >= 11 is 11.4. The number of aromatic amines is 1. The number of nitrogens with zero attached hydrogens (tertiary/aromatic N) is 3. The number of benzene rings is 2. The average molecular weight is 375 g/mol. The molecular weight excluding hydrogens is 360 g/mol. The molecule has 3 rings (SSSR count). The summed E-state index contributed by atoms with van der Waals surface area (Å²) < 4.78 is 6.92. The third-order valence-electron chi connectivity index (χ3n) is 3.56. The van der Waals surface area contributed by atoms with Gasteiger partial charge in [-0.2, -0.15) is 14.9 Å². The van der Waals surface area contributed by atoms with Crippen LogP contribution in [0, 0.1) is 4.77 Å². The van der Waals surface area contributed by atoms with E-state index in [-0.39, 0.29) is 10.8 Å². The van der Waals surface area contributed by atoms with E-state index in [4.69, 9.17) is 28.6 Å². The van der Waals surface area contributed by atoms with E-state index in [0.29, 0.717) is 28.3 Å². The van der Waals surface area contributed by atoms with Gasteiger partial charge >= 0.3 is 0 Å². The number of rotatable bonds is 5. The summed E-state index contributed by atoms with van der Waals surface area (Å²) in [6.45, 7) is 0. The summed E-state index contributed by atoms with van der Waals surface area (Å²) in [6.07, 6.45) is 2.09. The van der Waals surface area contributed by atoms with Gasteiger partial charge in [-0.1, -0.05) is 41.9 Å². The Morgan fingerprint density at radius 1 is 1.32 bits per heavy atom. The van der Waals surface area contributed by atoms with Crippen molar-refractivity contribution < 1.29 is 9.84 Å². The smallest absolute Gasteiger partial charge is 0.216 e. The Bertz CT molecular complexity index is 967. The zero-order valence-corrected chi connectivity index (χ0v) is 14.9. The Morgan fingerprint density at radius 2 is 2.08 bits per heavy atom. The van der Waals surface area contributed by atoms with Gasteiger partial charge in [0.1, 0.15) is 0 Å². The van der Waals surface area contributed by atoms with E-state index in [2.05, 4.69) is 15.3 Å². The van der Waals surface area contributed by atoms with Gasteiger partial charge in [0, 0.05) is 12.0 Å². The van der Waals surface area contributed by atoms with E-state index in [1.807, 2.05) is 30.3 Å². The van der Waals surface area contributed by atoms with Crippen molar-refractivity contribution >= 4 is 30.0 Å². The molecule has 0 unspecified atom stereocenters. The van der Waals surface area contributed by atoms with Gasteiger partial charge in [0.15, 0.2) is 17.3 Å². The first-order valence-corrected chi connectivity index (χ1v) is 8.19. The van der Waals surface area contributed by atoms with Gasteiger partial charge < -0.3 is 9.84 Å². The number of hydrogen-bond donors (Lipinski definition) is 2. The molecule has 0 spiro atoms. The van der Waals surface area contributed by atoms with E-state index in [1.165, 1.54) is 18.0 Å². The number of aromatic hydroxyl groups is 1. The van der Waals surface area contributed by atoms with Crippen LogP contribution in [0.25, 0.3) is 0 Å². The maximum absolute atomic E-state index is 9.98. The molecule has 0 aliphatic rings. The molecule has 0 saturated heterocycles. The molecule has 25 heavy (non-hydrogen) atoms. The fraction of sp³-hybridized carbons (Fsp3) is 0.118. The minimum atomic E-state index is -0.131. The highest BCUT2D eigenvalue weighted by Gasteiger charge is 2.11. The Kier molecular flexibility index (Phi) is 5.16. The first-order chi connectivity index (χ1) is 12.1. The molecule has 0 aliphatic heterocycles. The molecule has 0 aliphatic carbocycles. The number of phenolic OH excluding ortho intramolecular Hbond substituents is 1. The summed E-state index contributed by atoms with van der Waals surface area (Å²) in [5, 5.41) is 21.4. The van der Waals surface area contributed by atoms with Crippen molar-refractivity contribution in [1.29, 1.82) is 0 Å². The van der Waals surface area contributed by atoms with Gasteiger partial charge in [-0.15, -0.1) is 0 Å². The molecule has 0 fully saturated rings. The van der Waals surface area contributed by atoms with Gasteiger partial charge in [0.05, 0.1) is 18.3 Å². The largest absolute Gasteiger partial charge is 0.503 e. The van der Waals surface area contributed by atoms with E-state index >= 15 is 0 Å². The van der Waals surface area contributed by atoms with Gasteiger partial charge in [0.2, 0.25) is 4.77 Å². The molecule has 1 aromatic heterocycles. The zero-order valence-electron chi connectivity index (χ0n) is 13.3. The molecule has 3 aromatic rings. The molecular formula is C17H15ClN4O2S. The van der Waals surface area contributed by atoms with Crippen LogP contribution in [0.2, 0.25) is 5.02 Å². The van der Waals surface area contributed by atoms with Crippen LogP contribution >= 0.6 is 23.8 Å². The van der Waals surface area contributed by atoms with Crippen LogP contribution in [-0.4, -0.2) is 33.3 Å². The maximum Gasteiger partial charge on any atom is 0.216 e. The van der Waals surface area contributed by atoms with Crippen molar-refractivity contribution in [3.8, 4) is 11.5 Å². The molecule has 6 nitrogen and oxygen atoms in total. The van der Waals surface area contributed by atoms with E-state index in [9.17, 15) is 5.11 Å². The molecule has 128 valence electrons.